The Morgan fingerprint density at radius 1 is 1.17 bits per heavy atom. The summed E-state index contributed by atoms with van der Waals surface area (Å²) in [5.74, 6) is -2.88. The van der Waals surface area contributed by atoms with Crippen LogP contribution in [0, 0.1) is 21.9 Å². The van der Waals surface area contributed by atoms with Gasteiger partial charge < -0.3 is 14.3 Å². The van der Waals surface area contributed by atoms with Crippen LogP contribution in [-0.2, 0) is 19.2 Å². The van der Waals surface area contributed by atoms with Crippen LogP contribution in [0.4, 0.5) is 32.6 Å². The molecule has 0 aliphatic carbocycles. The van der Waals surface area contributed by atoms with Gasteiger partial charge in [-0.05, 0) is 30.7 Å². The molecule has 1 aromatic rings. The highest BCUT2D eigenvalue weighted by atomic mass is 32.5. The van der Waals surface area contributed by atoms with Crippen molar-refractivity contribution < 1.29 is 71.9 Å². The summed E-state index contributed by atoms with van der Waals surface area (Å²) in [6.07, 6.45) is -10.4. The lowest BCUT2D eigenvalue weighted by molar-refractivity contribution is -0.976. The van der Waals surface area contributed by atoms with Gasteiger partial charge in [0.05, 0.1) is 5.57 Å². The quantitative estimate of drug-likeness (QED) is 0.203. The van der Waals surface area contributed by atoms with E-state index < -0.39 is 85.3 Å². The molecule has 0 spiro atoms. The van der Waals surface area contributed by atoms with Crippen LogP contribution in [0.25, 0.3) is 6.08 Å². The summed E-state index contributed by atoms with van der Waals surface area (Å²) in [6.45, 7) is -1.64. The molecule has 1 N–H and O–H groups in total. The largest absolute Gasteiger partial charge is 0.475 e. The number of esters is 1. The van der Waals surface area contributed by atoms with Crippen molar-refractivity contribution in [3.8, 4) is 5.75 Å². The van der Waals surface area contributed by atoms with E-state index in [2.05, 4.69) is 19.1 Å². The molecule has 35 heavy (non-hydrogen) atoms. The molecule has 2 atom stereocenters. The molecule has 0 saturated heterocycles. The molecule has 1 aliphatic heterocycles. The maximum atomic E-state index is 13.5. The lowest BCUT2D eigenvalue weighted by Gasteiger charge is -2.41. The number of carbonyl (C=O) groups is 1. The predicted molar refractivity (Wildman–Crippen MR) is 95.2 cm³/mol. The van der Waals surface area contributed by atoms with Crippen molar-refractivity contribution >= 4 is 22.3 Å². The molecule has 1 aromatic carbocycles. The Bertz CT molecular complexity index is 1070. The fourth-order valence-corrected chi connectivity index (χ4v) is 3.47. The second-order valence-electron chi connectivity index (χ2n) is 6.85. The Morgan fingerprint density at radius 3 is 2.23 bits per heavy atom. The first kappa shape index (κ1) is 27.7. The molecule has 0 bridgehead atoms. The third kappa shape index (κ3) is 7.20. The Hall–Kier alpha value is -3.58. The Kier molecular flexibility index (Phi) is 6.54. The van der Waals surface area contributed by atoms with E-state index in [1.165, 1.54) is 0 Å². The van der Waals surface area contributed by atoms with Gasteiger partial charge in [0.1, 0.15) is 22.2 Å². The summed E-state index contributed by atoms with van der Waals surface area (Å²) in [4.78, 5) is 38.4. The van der Waals surface area contributed by atoms with E-state index in [0.717, 1.165) is 6.92 Å². The highest BCUT2D eigenvalue weighted by Gasteiger charge is 2.65. The van der Waals surface area contributed by atoms with Gasteiger partial charge in [0.25, 0.3) is 5.09 Å². The van der Waals surface area contributed by atoms with Gasteiger partial charge in [-0.25, -0.2) is 10.0 Å². The van der Waals surface area contributed by atoms with Crippen molar-refractivity contribution in [1.82, 2.24) is 0 Å². The summed E-state index contributed by atoms with van der Waals surface area (Å²) in [5, 5.41) is 16.1. The number of hydrogen-bond acceptors (Lipinski definition) is 8. The maximum Gasteiger partial charge on any atom is 0.475 e. The Morgan fingerprint density at radius 2 is 1.74 bits per heavy atom. The number of halogens is 8. The Balaban J connectivity index is 2.53. The summed E-state index contributed by atoms with van der Waals surface area (Å²) in [5.41, 5.74) is -3.26. The molecular formula is C15H13F8N2O9S+. The third-order valence-electron chi connectivity index (χ3n) is 4.09. The van der Waals surface area contributed by atoms with Crippen LogP contribution in [0.2, 0.25) is 0 Å². The van der Waals surface area contributed by atoms with Crippen LogP contribution >= 0.6 is 10.2 Å². The van der Waals surface area contributed by atoms with Gasteiger partial charge in [0, 0.05) is 5.56 Å². The molecular weight excluding hydrogens is 536 g/mol. The minimum atomic E-state index is -10.3. The minimum Gasteiger partial charge on any atom is -0.475 e. The Labute approximate surface area is 188 Å². The van der Waals surface area contributed by atoms with E-state index in [4.69, 9.17) is 5.21 Å². The van der Waals surface area contributed by atoms with Gasteiger partial charge in [-0.1, -0.05) is 19.4 Å². The molecule has 0 aromatic heterocycles. The summed E-state index contributed by atoms with van der Waals surface area (Å²) in [7, 11) is -10.3. The summed E-state index contributed by atoms with van der Waals surface area (Å²) in [6, 6.07) is -0.335. The number of fused-ring (bicyclic) bond motifs is 1. The summed E-state index contributed by atoms with van der Waals surface area (Å²) < 4.78 is 116. The number of benzene rings is 1. The first-order chi connectivity index (χ1) is 15.6. The number of hydrogen-bond donors (Lipinski definition) is 1. The average molecular weight is 549 g/mol. The normalized spacial score (nSPS) is 18.5. The number of nitrogens with zero attached hydrogens (tertiary/aromatic N) is 2. The lowest BCUT2D eigenvalue weighted by Crippen LogP contribution is -2.42. The monoisotopic (exact) mass is 549 g/mol. The van der Waals surface area contributed by atoms with Gasteiger partial charge in [-0.3, -0.25) is 0 Å². The zero-order valence-electron chi connectivity index (χ0n) is 16.8. The number of rotatable bonds is 9. The van der Waals surface area contributed by atoms with Gasteiger partial charge in [-0.2, -0.15) is 18.0 Å². The van der Waals surface area contributed by atoms with E-state index in [-0.39, 0.29) is 18.2 Å². The molecule has 11 nitrogen and oxygen atoms in total. The predicted octanol–water partition coefficient (Wildman–Crippen LogP) is 4.58. The fourth-order valence-electron chi connectivity index (χ4n) is 2.72. The third-order valence-corrected chi connectivity index (χ3v) is 5.22. The fraction of sp³-hybridized carbons (Fsp3) is 0.400. The second kappa shape index (κ2) is 8.27. The van der Waals surface area contributed by atoms with Crippen LogP contribution < -0.4 is 4.74 Å². The first-order valence-corrected chi connectivity index (χ1v) is 10.6. The zero-order valence-corrected chi connectivity index (χ0v) is 17.7. The van der Waals surface area contributed by atoms with E-state index in [1.807, 2.05) is 0 Å². The van der Waals surface area contributed by atoms with Crippen molar-refractivity contribution in [2.75, 3.05) is 13.2 Å². The number of alkyl halides is 3. The van der Waals surface area contributed by atoms with Gasteiger partial charge in [-0.15, -0.1) is 10.1 Å². The molecule has 198 valence electrons. The van der Waals surface area contributed by atoms with Crippen molar-refractivity contribution in [2.45, 2.75) is 30.2 Å². The molecule has 1 heterocycles. The first-order valence-electron chi connectivity index (χ1n) is 8.69. The highest BCUT2D eigenvalue weighted by molar-refractivity contribution is 8.45. The standard InChI is InChI=1S/C15H13F8N2O9S/c1-7-2-10(35(19,20,21,22)23)3-8-4-11(13(15(16,17)18)34-12(7)8)14(26)33-9(5-31-24(27)28)6-32-25(29)30/h2-4,9,13H,5-6H2,1H3,(H,27,28)/q+1/t9?,13-/m0/s1. The average Bonchev–Trinajstić information content (AvgIpc) is 2.66. The zero-order chi connectivity index (χ0) is 27.0. The number of carbonyl (C=O) groups excluding carboxylic acids is 1. The van der Waals surface area contributed by atoms with Crippen molar-refractivity contribution in [1.29, 1.82) is 0 Å². The molecule has 0 saturated carbocycles. The van der Waals surface area contributed by atoms with Crippen molar-refractivity contribution in [3.05, 3.63) is 43.9 Å². The molecule has 0 fully saturated rings. The van der Waals surface area contributed by atoms with E-state index in [9.17, 15) is 52.4 Å². The van der Waals surface area contributed by atoms with Crippen LogP contribution in [0.3, 0.4) is 0 Å². The molecule has 1 aliphatic rings. The molecule has 20 heteroatoms. The van der Waals surface area contributed by atoms with Crippen molar-refractivity contribution in [3.63, 3.8) is 0 Å². The van der Waals surface area contributed by atoms with Crippen molar-refractivity contribution in [2.24, 2.45) is 0 Å². The number of ether oxygens (including phenoxy) is 2. The smallest absolute Gasteiger partial charge is 0.475 e. The van der Waals surface area contributed by atoms with Crippen LogP contribution in [-0.4, -0.2) is 52.9 Å². The second-order valence-corrected chi connectivity index (χ2v) is 9.26. The van der Waals surface area contributed by atoms with Gasteiger partial charge >= 0.3 is 27.5 Å². The maximum absolute atomic E-state index is 13.5. The van der Waals surface area contributed by atoms with Crippen LogP contribution in [0.5, 0.6) is 5.75 Å². The van der Waals surface area contributed by atoms with E-state index in [0.29, 0.717) is 0 Å². The van der Waals surface area contributed by atoms with Gasteiger partial charge in [0.15, 0.2) is 6.10 Å². The van der Waals surface area contributed by atoms with Crippen LogP contribution in [0.15, 0.2) is 22.6 Å². The molecule has 2 rings (SSSR count). The van der Waals surface area contributed by atoms with Gasteiger partial charge in [0.2, 0.25) is 12.7 Å². The number of aryl methyl sites for hydroxylation is 1. The lowest BCUT2D eigenvalue weighted by atomic mass is 9.99. The molecule has 0 amide bonds. The molecule has 0 radical (unpaired) electrons. The summed E-state index contributed by atoms with van der Waals surface area (Å²) >= 11 is 0. The molecule has 1 unspecified atom stereocenters. The van der Waals surface area contributed by atoms with Crippen LogP contribution in [0.1, 0.15) is 11.1 Å². The SMILES string of the molecule is Cc1cc(S(F)(F)(F)(F)F)cc2c1O[C@H](C(F)(F)F)C(C(=O)OC(CO[N+](=O)[O-])CO[N+](=O)O)=C2. The van der Waals surface area contributed by atoms with E-state index in [1.54, 1.807) is 0 Å². The minimum absolute atomic E-state index is 0.114. The van der Waals surface area contributed by atoms with E-state index >= 15 is 0 Å². The highest BCUT2D eigenvalue weighted by Crippen LogP contribution is 3.02. The topological polar surface area (TPSA) is 137 Å².